The van der Waals surface area contributed by atoms with Crippen molar-refractivity contribution in [3.05, 3.63) is 17.3 Å². The topological polar surface area (TPSA) is 65.9 Å². The van der Waals surface area contributed by atoms with Gasteiger partial charge in [-0.3, -0.25) is 0 Å². The van der Waals surface area contributed by atoms with Crippen molar-refractivity contribution in [2.45, 2.75) is 25.3 Å². The van der Waals surface area contributed by atoms with E-state index in [2.05, 4.69) is 16.0 Å². The van der Waals surface area contributed by atoms with Crippen LogP contribution in [0.25, 0.3) is 0 Å². The van der Waals surface area contributed by atoms with Crippen LogP contribution < -0.4 is 10.6 Å². The Morgan fingerprint density at radius 3 is 2.94 bits per heavy atom. The molecule has 0 amide bonds. The molecule has 0 unspecified atom stereocenters. The van der Waals surface area contributed by atoms with Crippen molar-refractivity contribution >= 4 is 23.1 Å². The van der Waals surface area contributed by atoms with Crippen LogP contribution in [-0.4, -0.2) is 17.6 Å². The number of nitriles is 1. The summed E-state index contributed by atoms with van der Waals surface area (Å²) in [5.41, 5.74) is 6.50. The molecular formula is C11H13ClN4. The summed E-state index contributed by atoms with van der Waals surface area (Å²) in [5, 5.41) is 9.07. The van der Waals surface area contributed by atoms with Crippen molar-refractivity contribution in [2.24, 2.45) is 0 Å². The second-order valence-corrected chi connectivity index (χ2v) is 4.27. The number of halogens is 1. The Morgan fingerprint density at radius 2 is 2.31 bits per heavy atom. The Hall–Kier alpha value is -1.47. The van der Waals surface area contributed by atoms with Gasteiger partial charge in [-0.05, 0) is 25.0 Å². The summed E-state index contributed by atoms with van der Waals surface area (Å²) in [6.45, 7) is 0.665. The van der Waals surface area contributed by atoms with Crippen LogP contribution in [0.15, 0.2) is 12.1 Å². The molecule has 0 spiro atoms. The summed E-state index contributed by atoms with van der Waals surface area (Å²) in [4.78, 5) is 6.33. The monoisotopic (exact) mass is 236 g/mol. The first-order valence-corrected chi connectivity index (χ1v) is 5.66. The number of rotatable bonds is 4. The SMILES string of the molecule is N#CCCN(c1nc(Cl)ccc1N)C1CC1. The van der Waals surface area contributed by atoms with E-state index in [0.29, 0.717) is 35.7 Å². The fourth-order valence-electron chi connectivity index (χ4n) is 1.68. The van der Waals surface area contributed by atoms with Gasteiger partial charge in [0.25, 0.3) is 0 Å². The van der Waals surface area contributed by atoms with Gasteiger partial charge in [-0.25, -0.2) is 4.98 Å². The second kappa shape index (κ2) is 4.58. The number of pyridine rings is 1. The predicted octanol–water partition coefficient (Wildman–Crippen LogP) is 2.20. The van der Waals surface area contributed by atoms with Crippen LogP contribution in [0.1, 0.15) is 19.3 Å². The summed E-state index contributed by atoms with van der Waals surface area (Å²) in [5.74, 6) is 0.713. The molecule has 0 radical (unpaired) electrons. The van der Waals surface area contributed by atoms with Gasteiger partial charge in [0.05, 0.1) is 18.2 Å². The minimum Gasteiger partial charge on any atom is -0.396 e. The van der Waals surface area contributed by atoms with Crippen molar-refractivity contribution in [3.63, 3.8) is 0 Å². The molecule has 4 nitrogen and oxygen atoms in total. The molecule has 1 aromatic rings. The summed E-state index contributed by atoms with van der Waals surface area (Å²) in [6, 6.07) is 6.05. The fourth-order valence-corrected chi connectivity index (χ4v) is 1.83. The molecule has 1 aromatic heterocycles. The number of nitrogens with zero attached hydrogens (tertiary/aromatic N) is 3. The van der Waals surface area contributed by atoms with E-state index in [1.54, 1.807) is 12.1 Å². The lowest BCUT2D eigenvalue weighted by atomic mass is 10.3. The zero-order valence-electron chi connectivity index (χ0n) is 8.86. The zero-order valence-corrected chi connectivity index (χ0v) is 9.61. The molecule has 0 saturated heterocycles. The molecule has 5 heteroatoms. The van der Waals surface area contributed by atoms with Gasteiger partial charge in [0.1, 0.15) is 5.15 Å². The molecular weight excluding hydrogens is 224 g/mol. The molecule has 1 aliphatic rings. The van der Waals surface area contributed by atoms with Crippen LogP contribution in [0, 0.1) is 11.3 Å². The lowest BCUT2D eigenvalue weighted by Gasteiger charge is -2.23. The normalized spacial score (nSPS) is 14.5. The largest absolute Gasteiger partial charge is 0.396 e. The van der Waals surface area contributed by atoms with E-state index in [4.69, 9.17) is 22.6 Å². The van der Waals surface area contributed by atoms with E-state index in [9.17, 15) is 0 Å². The van der Waals surface area contributed by atoms with Gasteiger partial charge in [0.2, 0.25) is 0 Å². The third-order valence-electron chi connectivity index (χ3n) is 2.60. The number of nitrogens with two attached hydrogens (primary N) is 1. The van der Waals surface area contributed by atoms with E-state index in [1.165, 1.54) is 0 Å². The Balaban J connectivity index is 2.23. The van der Waals surface area contributed by atoms with Gasteiger partial charge in [-0.15, -0.1) is 0 Å². The molecule has 1 saturated carbocycles. The standard InChI is InChI=1S/C11H13ClN4/c12-10-5-4-9(14)11(15-10)16(7-1-6-13)8-2-3-8/h4-5,8H,1-3,7,14H2. The first-order valence-electron chi connectivity index (χ1n) is 5.28. The number of nitrogen functional groups attached to an aromatic ring is 1. The minimum atomic E-state index is 0.437. The molecule has 0 bridgehead atoms. The van der Waals surface area contributed by atoms with Gasteiger partial charge in [-0.2, -0.15) is 5.26 Å². The average Bonchev–Trinajstić information content (AvgIpc) is 3.08. The van der Waals surface area contributed by atoms with Crippen LogP contribution in [0.3, 0.4) is 0 Å². The number of hydrogen-bond donors (Lipinski definition) is 1. The van der Waals surface area contributed by atoms with E-state index in [0.717, 1.165) is 12.8 Å². The molecule has 16 heavy (non-hydrogen) atoms. The van der Waals surface area contributed by atoms with Gasteiger partial charge in [-0.1, -0.05) is 11.6 Å². The summed E-state index contributed by atoms with van der Waals surface area (Å²) in [7, 11) is 0. The highest BCUT2D eigenvalue weighted by Gasteiger charge is 2.30. The minimum absolute atomic E-state index is 0.437. The number of hydrogen-bond acceptors (Lipinski definition) is 4. The average molecular weight is 237 g/mol. The Kier molecular flexibility index (Phi) is 3.16. The van der Waals surface area contributed by atoms with Crippen molar-refractivity contribution < 1.29 is 0 Å². The van der Waals surface area contributed by atoms with Crippen LogP contribution in [0.4, 0.5) is 11.5 Å². The van der Waals surface area contributed by atoms with Crippen molar-refractivity contribution in [2.75, 3.05) is 17.2 Å². The highest BCUT2D eigenvalue weighted by molar-refractivity contribution is 6.29. The van der Waals surface area contributed by atoms with Crippen LogP contribution in [0.5, 0.6) is 0 Å². The zero-order chi connectivity index (χ0) is 11.5. The van der Waals surface area contributed by atoms with E-state index in [1.807, 2.05) is 0 Å². The summed E-state index contributed by atoms with van der Waals surface area (Å²) in [6.07, 6.45) is 2.75. The van der Waals surface area contributed by atoms with Gasteiger partial charge in [0, 0.05) is 12.6 Å². The smallest absolute Gasteiger partial charge is 0.153 e. The van der Waals surface area contributed by atoms with Crippen molar-refractivity contribution in [1.82, 2.24) is 4.98 Å². The maximum Gasteiger partial charge on any atom is 0.153 e. The molecule has 0 aliphatic heterocycles. The molecule has 0 atom stereocenters. The van der Waals surface area contributed by atoms with Crippen molar-refractivity contribution in [1.29, 1.82) is 5.26 Å². The lowest BCUT2D eigenvalue weighted by Crippen LogP contribution is -2.28. The summed E-state index contributed by atoms with van der Waals surface area (Å²) < 4.78 is 0. The maximum absolute atomic E-state index is 8.63. The van der Waals surface area contributed by atoms with Gasteiger partial charge in [0.15, 0.2) is 5.82 Å². The Morgan fingerprint density at radius 1 is 1.56 bits per heavy atom. The molecule has 2 rings (SSSR count). The molecule has 1 aliphatic carbocycles. The van der Waals surface area contributed by atoms with Gasteiger partial charge >= 0.3 is 0 Å². The lowest BCUT2D eigenvalue weighted by molar-refractivity contribution is 0.780. The Bertz CT molecular complexity index is 422. The van der Waals surface area contributed by atoms with Crippen LogP contribution in [-0.2, 0) is 0 Å². The second-order valence-electron chi connectivity index (χ2n) is 3.88. The van der Waals surface area contributed by atoms with Gasteiger partial charge < -0.3 is 10.6 Å². The first-order chi connectivity index (χ1) is 7.72. The quantitative estimate of drug-likeness (QED) is 0.814. The highest BCUT2D eigenvalue weighted by Crippen LogP contribution is 2.34. The third kappa shape index (κ3) is 2.37. The maximum atomic E-state index is 8.63. The van der Waals surface area contributed by atoms with E-state index >= 15 is 0 Å². The first kappa shape index (κ1) is 11.0. The third-order valence-corrected chi connectivity index (χ3v) is 2.81. The van der Waals surface area contributed by atoms with Crippen LogP contribution in [0.2, 0.25) is 5.15 Å². The molecule has 1 fully saturated rings. The highest BCUT2D eigenvalue weighted by atomic mass is 35.5. The fraction of sp³-hybridized carbons (Fsp3) is 0.455. The summed E-state index contributed by atoms with van der Waals surface area (Å²) >= 11 is 5.86. The Labute approximate surface area is 99.6 Å². The number of anilines is 2. The molecule has 0 aromatic carbocycles. The predicted molar refractivity (Wildman–Crippen MR) is 64.3 cm³/mol. The molecule has 2 N–H and O–H groups in total. The van der Waals surface area contributed by atoms with E-state index < -0.39 is 0 Å². The van der Waals surface area contributed by atoms with E-state index in [-0.39, 0.29) is 0 Å². The molecule has 84 valence electrons. The van der Waals surface area contributed by atoms with Crippen LogP contribution >= 0.6 is 11.6 Å². The number of aromatic nitrogens is 1. The van der Waals surface area contributed by atoms with Crippen molar-refractivity contribution in [3.8, 4) is 6.07 Å². The molecule has 1 heterocycles.